The molecule has 0 bridgehead atoms. The molecule has 0 N–H and O–H groups in total. The lowest BCUT2D eigenvalue weighted by atomic mass is 9.77. The number of rotatable bonds is 3. The summed E-state index contributed by atoms with van der Waals surface area (Å²) >= 11 is 0. The van der Waals surface area contributed by atoms with Crippen LogP contribution in [0.1, 0.15) is 155 Å². The maximum Gasteiger partial charge on any atom is 0.281 e. The Bertz CT molecular complexity index is 2370. The van der Waals surface area contributed by atoms with Crippen LogP contribution >= 0.6 is 0 Å². The number of hydrogen-bond donors (Lipinski definition) is 0. The molecule has 4 aliphatic rings. The molecule has 4 aliphatic heterocycles. The lowest BCUT2D eigenvalue weighted by molar-refractivity contribution is 0.00195. The number of hydrogen-bond acceptors (Lipinski definition) is 8. The number of nitrogens with zero attached hydrogens (tertiary/aromatic N) is 4. The van der Waals surface area contributed by atoms with E-state index in [2.05, 4.69) is 0 Å². The van der Waals surface area contributed by atoms with Gasteiger partial charge in [0.15, 0.2) is 0 Å². The van der Waals surface area contributed by atoms with E-state index in [4.69, 9.17) is 0 Å². The molecule has 12 nitrogen and oxygen atoms in total. The Morgan fingerprint density at radius 1 is 0.278 bits per heavy atom. The summed E-state index contributed by atoms with van der Waals surface area (Å²) in [6, 6.07) is -0.930. The van der Waals surface area contributed by atoms with Gasteiger partial charge in [-0.05, 0) is 128 Å². The second-order valence-electron chi connectivity index (χ2n) is 15.5. The first-order valence-electron chi connectivity index (χ1n) is 17.9. The van der Waals surface area contributed by atoms with Gasteiger partial charge in [0.25, 0.3) is 47.3 Å². The van der Waals surface area contributed by atoms with Crippen LogP contribution in [0.25, 0.3) is 21.5 Å². The first-order chi connectivity index (χ1) is 25.2. The molecule has 0 aromatic heterocycles. The molecule has 0 atom stereocenters. The number of benzene rings is 4. The maximum atomic E-state index is 14.9. The Morgan fingerprint density at radius 2 is 0.426 bits per heavy atom. The molecule has 8 amide bonds. The lowest BCUT2D eigenvalue weighted by Crippen LogP contribution is -2.59. The number of imide groups is 4. The average molecular weight is 727 g/mol. The van der Waals surface area contributed by atoms with Crippen LogP contribution < -0.4 is 0 Å². The van der Waals surface area contributed by atoms with Crippen LogP contribution in [-0.4, -0.2) is 79.2 Å². The van der Waals surface area contributed by atoms with Crippen molar-refractivity contribution >= 4 is 68.8 Å². The highest BCUT2D eigenvalue weighted by Crippen LogP contribution is 2.48. The molecule has 0 radical (unpaired) electrons. The third-order valence-corrected chi connectivity index (χ3v) is 12.3. The van der Waals surface area contributed by atoms with E-state index in [1.165, 1.54) is 9.80 Å². The van der Waals surface area contributed by atoms with E-state index in [1.807, 2.05) is 0 Å². The Morgan fingerprint density at radius 3 is 0.574 bits per heavy atom. The van der Waals surface area contributed by atoms with Crippen molar-refractivity contribution in [3.63, 3.8) is 0 Å². The molecule has 4 aromatic carbocycles. The summed E-state index contributed by atoms with van der Waals surface area (Å²) < 4.78 is 0. The van der Waals surface area contributed by atoms with Gasteiger partial charge in [-0.25, -0.2) is 0 Å². The van der Waals surface area contributed by atoms with Crippen LogP contribution in [0, 0.1) is 55.4 Å². The van der Waals surface area contributed by atoms with Crippen LogP contribution in [-0.2, 0) is 0 Å². The molecule has 0 saturated heterocycles. The minimum absolute atomic E-state index is 0.00576. The van der Waals surface area contributed by atoms with Crippen LogP contribution in [0.2, 0.25) is 0 Å². The fraction of sp³-hybridized carbons (Fsp3) is 0.333. The van der Waals surface area contributed by atoms with E-state index >= 15 is 0 Å². The van der Waals surface area contributed by atoms with Gasteiger partial charge in [-0.15, -0.1) is 0 Å². The molecule has 4 heterocycles. The molecular weight excluding hydrogens is 688 g/mol. The second kappa shape index (κ2) is 10.8. The average Bonchev–Trinajstić information content (AvgIpc) is 3.08. The Balaban J connectivity index is 1.42. The smallest absolute Gasteiger partial charge is 0.272 e. The van der Waals surface area contributed by atoms with Crippen LogP contribution in [0.3, 0.4) is 0 Å². The molecule has 4 aromatic rings. The number of amides is 8. The molecule has 54 heavy (non-hydrogen) atoms. The van der Waals surface area contributed by atoms with Gasteiger partial charge >= 0.3 is 0 Å². The molecular formula is C42H38N4O8. The molecule has 0 aliphatic carbocycles. The topological polar surface area (TPSA) is 150 Å². The highest BCUT2D eigenvalue weighted by atomic mass is 16.2. The van der Waals surface area contributed by atoms with Crippen molar-refractivity contribution < 1.29 is 38.4 Å². The predicted molar refractivity (Wildman–Crippen MR) is 198 cm³/mol. The fourth-order valence-corrected chi connectivity index (χ4v) is 9.21. The van der Waals surface area contributed by atoms with Gasteiger partial charge < -0.3 is 0 Å². The summed E-state index contributed by atoms with van der Waals surface area (Å²) in [5, 5.41) is 1.87. The third-order valence-electron chi connectivity index (χ3n) is 12.3. The minimum Gasteiger partial charge on any atom is -0.272 e. The highest BCUT2D eigenvalue weighted by molar-refractivity contribution is 6.39. The molecule has 8 rings (SSSR count). The van der Waals surface area contributed by atoms with Gasteiger partial charge in [-0.1, -0.05) is 0 Å². The van der Waals surface area contributed by atoms with Crippen LogP contribution in [0.4, 0.5) is 0 Å². The van der Waals surface area contributed by atoms with Crippen LogP contribution in [0.15, 0.2) is 0 Å². The Kier molecular flexibility index (Phi) is 6.98. The van der Waals surface area contributed by atoms with E-state index in [9.17, 15) is 38.4 Å². The number of hydrazine groups is 1. The summed E-state index contributed by atoms with van der Waals surface area (Å²) in [6.45, 7) is 20.2. The van der Waals surface area contributed by atoms with Gasteiger partial charge in [-0.3, -0.25) is 48.2 Å². The molecule has 0 fully saturated rings. The Labute approximate surface area is 310 Å². The zero-order valence-corrected chi connectivity index (χ0v) is 32.2. The zero-order chi connectivity index (χ0) is 39.6. The first-order valence-corrected chi connectivity index (χ1v) is 17.9. The van der Waals surface area contributed by atoms with Gasteiger partial charge in [0.1, 0.15) is 0 Å². The van der Waals surface area contributed by atoms with Gasteiger partial charge in [-0.2, -0.15) is 10.0 Å². The fourth-order valence-electron chi connectivity index (χ4n) is 9.21. The van der Waals surface area contributed by atoms with E-state index in [-0.39, 0.29) is 66.1 Å². The summed E-state index contributed by atoms with van der Waals surface area (Å²) in [6.07, 6.45) is 0. The van der Waals surface area contributed by atoms with Gasteiger partial charge in [0.2, 0.25) is 0 Å². The third kappa shape index (κ3) is 3.72. The van der Waals surface area contributed by atoms with E-state index < -0.39 is 59.3 Å². The zero-order valence-electron chi connectivity index (χ0n) is 32.2. The lowest BCUT2D eigenvalue weighted by Gasteiger charge is -2.41. The molecule has 0 saturated carbocycles. The summed E-state index contributed by atoms with van der Waals surface area (Å²) in [5.74, 6) is -5.97. The van der Waals surface area contributed by atoms with E-state index in [0.29, 0.717) is 54.5 Å². The molecule has 274 valence electrons. The number of carbonyl (C=O) groups excluding carboxylic acids is 8. The molecule has 0 unspecified atom stereocenters. The van der Waals surface area contributed by atoms with Crippen molar-refractivity contribution in [1.29, 1.82) is 0 Å². The normalized spacial score (nSPS) is 16.6. The Hall–Kier alpha value is -6.04. The van der Waals surface area contributed by atoms with E-state index in [1.54, 1.807) is 83.1 Å². The van der Waals surface area contributed by atoms with E-state index in [0.717, 1.165) is 0 Å². The molecule has 12 heteroatoms. The molecule has 0 spiro atoms. The highest BCUT2D eigenvalue weighted by Gasteiger charge is 2.52. The predicted octanol–water partition coefficient (Wildman–Crippen LogP) is 6.28. The van der Waals surface area contributed by atoms with Crippen molar-refractivity contribution in [3.05, 3.63) is 89.0 Å². The monoisotopic (exact) mass is 726 g/mol. The minimum atomic E-state index is -0.961. The van der Waals surface area contributed by atoms with Gasteiger partial charge in [0, 0.05) is 33.6 Å². The second-order valence-corrected chi connectivity index (χ2v) is 15.5. The number of carbonyl (C=O) groups is 8. The maximum absolute atomic E-state index is 14.9. The van der Waals surface area contributed by atoms with Gasteiger partial charge in [0.05, 0.1) is 44.5 Å². The van der Waals surface area contributed by atoms with Crippen molar-refractivity contribution in [2.75, 3.05) is 0 Å². The largest absolute Gasteiger partial charge is 0.281 e. The SMILES string of the molecule is Cc1c(C)c2c3c(c(C)c(C)c4c3c1C(=O)N(C(C)C)C4=O)C(=O)N(N1C(=O)c3c(C)c(C)c4c5c(c(C)c(C)c(c35)C1=O)C(=O)N(C(C)C)C4=O)C2=O. The van der Waals surface area contributed by atoms with Crippen molar-refractivity contribution in [2.24, 2.45) is 0 Å². The van der Waals surface area contributed by atoms with Crippen molar-refractivity contribution in [3.8, 4) is 0 Å². The van der Waals surface area contributed by atoms with Crippen molar-refractivity contribution in [2.45, 2.75) is 95.2 Å². The summed E-state index contributed by atoms with van der Waals surface area (Å²) in [4.78, 5) is 118. The van der Waals surface area contributed by atoms with Crippen molar-refractivity contribution in [1.82, 2.24) is 19.8 Å². The first kappa shape index (κ1) is 35.0. The summed E-state index contributed by atoms with van der Waals surface area (Å²) in [5.41, 5.74) is 4.12. The summed E-state index contributed by atoms with van der Waals surface area (Å²) in [7, 11) is 0. The van der Waals surface area contributed by atoms with Crippen LogP contribution in [0.5, 0.6) is 0 Å². The standard InChI is InChI=1S/C42H38N4O8/c1-13(2)43-35(47)23-15(5)19(9)27-33-28(20(10)16(6)24(31(23)33)36(43)48)40(52)45(39(27)51)46-41(53)29-21(11)17(7)25-32-26(38(50)44(14(3)4)37(25)49)18(8)22(12)30(34(29)32)42(46)54/h13-14H,1-12H3. The quantitative estimate of drug-likeness (QED) is 0.224.